The summed E-state index contributed by atoms with van der Waals surface area (Å²) in [6.07, 6.45) is 0.822. The molecular weight excluding hydrogens is 434 g/mol. The van der Waals surface area contributed by atoms with Crippen molar-refractivity contribution in [3.8, 4) is 0 Å². The van der Waals surface area contributed by atoms with Crippen molar-refractivity contribution < 1.29 is 29.5 Å². The fraction of sp³-hybridized carbons (Fsp3) is 0.571. The molecule has 0 amide bonds. The van der Waals surface area contributed by atoms with Gasteiger partial charge >= 0.3 is 11.9 Å². The number of hydrogen-bond acceptors (Lipinski definition) is 9. The van der Waals surface area contributed by atoms with Gasteiger partial charge in [-0.05, 0) is 5.56 Å². The predicted octanol–water partition coefficient (Wildman–Crippen LogP) is -0.315. The summed E-state index contributed by atoms with van der Waals surface area (Å²) in [5.74, 6) is -1.91. The molecule has 0 spiro atoms. The molecule has 0 aromatic heterocycles. The average Bonchev–Trinajstić information content (AvgIpc) is 2.75. The van der Waals surface area contributed by atoms with Gasteiger partial charge in [0.1, 0.15) is 6.29 Å². The van der Waals surface area contributed by atoms with Gasteiger partial charge in [0.2, 0.25) is 0 Å². The highest BCUT2D eigenvalue weighted by Gasteiger charge is 2.19. The van der Waals surface area contributed by atoms with Crippen LogP contribution in [0.2, 0.25) is 0 Å². The molecule has 1 aliphatic rings. The van der Waals surface area contributed by atoms with E-state index < -0.39 is 16.9 Å². The molecule has 12 heteroatoms. The zero-order valence-electron chi connectivity index (χ0n) is 18.5. The lowest BCUT2D eigenvalue weighted by Crippen LogP contribution is -2.47. The lowest BCUT2D eigenvalue weighted by atomic mass is 10.2. The van der Waals surface area contributed by atoms with Crippen molar-refractivity contribution in [1.82, 2.24) is 19.6 Å². The van der Waals surface area contributed by atoms with Gasteiger partial charge in [0.05, 0.1) is 24.6 Å². The quantitative estimate of drug-likeness (QED) is 0.281. The van der Waals surface area contributed by atoms with Crippen molar-refractivity contribution in [1.29, 1.82) is 0 Å². The summed E-state index contributed by atoms with van der Waals surface area (Å²) in [6.45, 7) is 4.42. The van der Waals surface area contributed by atoms with Gasteiger partial charge < -0.3 is 15.0 Å². The molecule has 0 bridgehead atoms. The maximum atomic E-state index is 11.3. The monoisotopic (exact) mass is 465 g/mol. The van der Waals surface area contributed by atoms with Crippen LogP contribution in [0.3, 0.4) is 0 Å². The van der Waals surface area contributed by atoms with E-state index in [1.165, 1.54) is 12.1 Å². The van der Waals surface area contributed by atoms with Gasteiger partial charge in [-0.1, -0.05) is 12.1 Å². The van der Waals surface area contributed by atoms with Crippen molar-refractivity contribution in [2.45, 2.75) is 6.54 Å². The highest BCUT2D eigenvalue weighted by atomic mass is 16.6. The maximum absolute atomic E-state index is 11.3. The van der Waals surface area contributed by atoms with E-state index in [-0.39, 0.29) is 25.3 Å². The van der Waals surface area contributed by atoms with E-state index >= 15 is 0 Å². The minimum Gasteiger partial charge on any atom is -0.480 e. The topological polar surface area (TPSA) is 148 Å². The summed E-state index contributed by atoms with van der Waals surface area (Å²) in [5.41, 5.74) is 0.912. The molecule has 2 rings (SSSR count). The highest BCUT2D eigenvalue weighted by molar-refractivity contribution is 5.69. The zero-order chi connectivity index (χ0) is 24.2. The van der Waals surface area contributed by atoms with Gasteiger partial charge in [-0.25, -0.2) is 0 Å². The van der Waals surface area contributed by atoms with E-state index in [9.17, 15) is 34.7 Å². The molecule has 182 valence electrons. The number of aldehydes is 1. The number of carbonyl (C=O) groups is 3. The standard InChI is InChI=1S/C21H31N5O7/c27-14-13-22-5-7-23(15-18-1-3-19(4-2-18)26(32)33)9-10-25(17-21(30)31)12-11-24(8-6-22)16-20(28)29/h1-4,14H,5-13,15-17H2,(H,28,29)(H,30,31). The second-order valence-electron chi connectivity index (χ2n) is 8.01. The summed E-state index contributed by atoms with van der Waals surface area (Å²) >= 11 is 0. The lowest BCUT2D eigenvalue weighted by Gasteiger charge is -2.33. The van der Waals surface area contributed by atoms with E-state index in [2.05, 4.69) is 4.90 Å². The first-order chi connectivity index (χ1) is 15.8. The van der Waals surface area contributed by atoms with Gasteiger partial charge in [-0.2, -0.15) is 0 Å². The summed E-state index contributed by atoms with van der Waals surface area (Å²) < 4.78 is 0. The van der Waals surface area contributed by atoms with Crippen LogP contribution in [0, 0.1) is 10.1 Å². The molecule has 1 aromatic carbocycles. The number of nitro benzene ring substituents is 1. The van der Waals surface area contributed by atoms with Crippen molar-refractivity contribution >= 4 is 23.9 Å². The summed E-state index contributed by atoms with van der Waals surface area (Å²) in [6, 6.07) is 6.32. The van der Waals surface area contributed by atoms with E-state index in [0.717, 1.165) is 11.8 Å². The van der Waals surface area contributed by atoms with Crippen LogP contribution in [-0.2, 0) is 20.9 Å². The predicted molar refractivity (Wildman–Crippen MR) is 119 cm³/mol. The van der Waals surface area contributed by atoms with Crippen LogP contribution in [-0.4, -0.2) is 125 Å². The third-order valence-corrected chi connectivity index (χ3v) is 5.53. The molecule has 1 fully saturated rings. The van der Waals surface area contributed by atoms with Gasteiger partial charge in [-0.15, -0.1) is 0 Å². The number of carboxylic acids is 2. The third-order valence-electron chi connectivity index (χ3n) is 5.53. The third kappa shape index (κ3) is 10.0. The van der Waals surface area contributed by atoms with Crippen molar-refractivity contribution in [3.05, 3.63) is 39.9 Å². The first-order valence-electron chi connectivity index (χ1n) is 10.8. The largest absolute Gasteiger partial charge is 0.480 e. The Hall–Kier alpha value is -2.93. The highest BCUT2D eigenvalue weighted by Crippen LogP contribution is 2.14. The average molecular weight is 466 g/mol. The Kier molecular flexibility index (Phi) is 10.8. The Morgan fingerprint density at radius 3 is 1.64 bits per heavy atom. The number of nitro groups is 1. The lowest BCUT2D eigenvalue weighted by molar-refractivity contribution is -0.384. The fourth-order valence-electron chi connectivity index (χ4n) is 3.70. The van der Waals surface area contributed by atoms with Crippen LogP contribution >= 0.6 is 0 Å². The van der Waals surface area contributed by atoms with Crippen LogP contribution in [0.15, 0.2) is 24.3 Å². The number of benzene rings is 1. The minimum absolute atomic E-state index is 0.0168. The SMILES string of the molecule is O=CCN1CCN(CC(=O)O)CCN(CC(=O)O)CCN(Cc2ccc([N+](=O)[O-])cc2)CC1. The molecule has 1 heterocycles. The molecule has 0 unspecified atom stereocenters. The summed E-state index contributed by atoms with van der Waals surface area (Å²) in [4.78, 5) is 51.7. The van der Waals surface area contributed by atoms with Crippen molar-refractivity contribution in [3.63, 3.8) is 0 Å². The molecule has 12 nitrogen and oxygen atoms in total. The Labute approximate surface area is 192 Å². The zero-order valence-corrected chi connectivity index (χ0v) is 18.5. The first-order valence-corrected chi connectivity index (χ1v) is 10.8. The van der Waals surface area contributed by atoms with Crippen molar-refractivity contribution in [2.24, 2.45) is 0 Å². The van der Waals surface area contributed by atoms with Crippen molar-refractivity contribution in [2.75, 3.05) is 72.0 Å². The van der Waals surface area contributed by atoms with Crippen LogP contribution in [0.25, 0.3) is 0 Å². The van der Waals surface area contributed by atoms with E-state index in [0.29, 0.717) is 58.9 Å². The molecule has 0 radical (unpaired) electrons. The number of non-ortho nitro benzene ring substituents is 1. The normalized spacial score (nSPS) is 18.2. The van der Waals surface area contributed by atoms with Gasteiger partial charge in [0.25, 0.3) is 5.69 Å². The first kappa shape index (κ1) is 26.3. The molecule has 1 saturated heterocycles. The summed E-state index contributed by atoms with van der Waals surface area (Å²) in [7, 11) is 0. The number of carbonyl (C=O) groups excluding carboxylic acids is 1. The molecule has 0 aliphatic carbocycles. The number of rotatable bonds is 9. The molecule has 0 atom stereocenters. The van der Waals surface area contributed by atoms with Gasteiger partial charge in [-0.3, -0.25) is 39.3 Å². The van der Waals surface area contributed by atoms with Gasteiger partial charge in [0.15, 0.2) is 0 Å². The number of aliphatic carboxylic acids is 2. The second-order valence-corrected chi connectivity index (χ2v) is 8.01. The van der Waals surface area contributed by atoms with E-state index in [1.807, 2.05) is 4.90 Å². The van der Waals surface area contributed by atoms with Crippen LogP contribution in [0.1, 0.15) is 5.56 Å². The maximum Gasteiger partial charge on any atom is 0.317 e. The Balaban J connectivity index is 2.14. The van der Waals surface area contributed by atoms with Crippen LogP contribution in [0.5, 0.6) is 0 Å². The second kappa shape index (κ2) is 13.6. The smallest absolute Gasteiger partial charge is 0.317 e. The fourth-order valence-corrected chi connectivity index (χ4v) is 3.70. The van der Waals surface area contributed by atoms with Crippen LogP contribution < -0.4 is 0 Å². The minimum atomic E-state index is -0.955. The molecular formula is C21H31N5O7. The number of carboxylic acid groups (broad SMARTS) is 2. The molecule has 1 aliphatic heterocycles. The molecule has 33 heavy (non-hydrogen) atoms. The molecule has 0 saturated carbocycles. The number of nitrogens with zero attached hydrogens (tertiary/aromatic N) is 5. The Morgan fingerprint density at radius 1 is 0.818 bits per heavy atom. The van der Waals surface area contributed by atoms with E-state index in [4.69, 9.17) is 0 Å². The van der Waals surface area contributed by atoms with Gasteiger partial charge in [0, 0.05) is 71.0 Å². The summed E-state index contributed by atoms with van der Waals surface area (Å²) in [5, 5.41) is 29.4. The Bertz CT molecular complexity index is 805. The van der Waals surface area contributed by atoms with E-state index in [1.54, 1.807) is 21.9 Å². The number of hydrogen-bond donors (Lipinski definition) is 2. The molecule has 1 aromatic rings. The van der Waals surface area contributed by atoms with Crippen LogP contribution in [0.4, 0.5) is 5.69 Å². The Morgan fingerprint density at radius 2 is 1.24 bits per heavy atom. The molecule has 2 N–H and O–H groups in total.